The van der Waals surface area contributed by atoms with Crippen molar-refractivity contribution in [3.8, 4) is 0 Å². The van der Waals surface area contributed by atoms with Crippen LogP contribution in [0, 0.1) is 0 Å². The number of rotatable bonds is 4. The molecule has 3 aromatic heterocycles. The third-order valence-electron chi connectivity index (χ3n) is 2.66. The highest BCUT2D eigenvalue weighted by molar-refractivity contribution is 7.15. The number of hydrogen-bond acceptors (Lipinski definition) is 8. The second kappa shape index (κ2) is 5.40. The van der Waals surface area contributed by atoms with Crippen molar-refractivity contribution in [1.29, 1.82) is 0 Å². The minimum atomic E-state index is -0.614. The molecule has 0 saturated carbocycles. The summed E-state index contributed by atoms with van der Waals surface area (Å²) in [4.78, 5) is 28.5. The van der Waals surface area contributed by atoms with Crippen LogP contribution in [0.4, 0.5) is 0 Å². The Hall–Kier alpha value is -2.62. The molecule has 0 aliphatic rings. The number of esters is 1. The van der Waals surface area contributed by atoms with E-state index >= 15 is 0 Å². The Morgan fingerprint density at radius 3 is 3.14 bits per heavy atom. The minimum Gasteiger partial charge on any atom is -0.460 e. The summed E-state index contributed by atoms with van der Waals surface area (Å²) in [5, 5.41) is 12.6. The quantitative estimate of drug-likeness (QED) is 0.623. The first-order chi connectivity index (χ1) is 10.2. The monoisotopic (exact) mass is 306 g/mol. The summed E-state index contributed by atoms with van der Waals surface area (Å²) in [5.74, 6) is -0.638. The zero-order chi connectivity index (χ0) is 14.8. The molecule has 0 aliphatic carbocycles. The van der Waals surface area contributed by atoms with Gasteiger partial charge < -0.3 is 4.74 Å². The number of nitrogens with zero attached hydrogens (tertiary/aromatic N) is 6. The SMILES string of the molecule is CCOC(=O)c1nnnn1Cc1cc(=O)n2ccsc2n1. The Morgan fingerprint density at radius 1 is 1.48 bits per heavy atom. The number of tetrazole rings is 1. The van der Waals surface area contributed by atoms with E-state index in [0.717, 1.165) is 0 Å². The van der Waals surface area contributed by atoms with Gasteiger partial charge in [0.05, 0.1) is 18.8 Å². The fourth-order valence-corrected chi connectivity index (χ4v) is 2.51. The molecule has 0 saturated heterocycles. The summed E-state index contributed by atoms with van der Waals surface area (Å²) in [7, 11) is 0. The Balaban J connectivity index is 1.94. The van der Waals surface area contributed by atoms with Crippen molar-refractivity contribution < 1.29 is 9.53 Å². The first kappa shape index (κ1) is 13.4. The van der Waals surface area contributed by atoms with Crippen LogP contribution in [0.15, 0.2) is 22.4 Å². The van der Waals surface area contributed by atoms with Gasteiger partial charge in [-0.1, -0.05) is 0 Å². The summed E-state index contributed by atoms with van der Waals surface area (Å²) in [5.41, 5.74) is 0.280. The Kier molecular flexibility index (Phi) is 3.44. The van der Waals surface area contributed by atoms with E-state index < -0.39 is 5.97 Å². The average molecular weight is 306 g/mol. The van der Waals surface area contributed by atoms with E-state index in [1.165, 1.54) is 26.5 Å². The number of thiazole rings is 1. The summed E-state index contributed by atoms with van der Waals surface area (Å²) in [6.45, 7) is 2.04. The van der Waals surface area contributed by atoms with E-state index in [9.17, 15) is 9.59 Å². The van der Waals surface area contributed by atoms with Crippen LogP contribution in [0.5, 0.6) is 0 Å². The zero-order valence-electron chi connectivity index (χ0n) is 11.0. The van der Waals surface area contributed by atoms with Gasteiger partial charge in [-0.05, 0) is 17.4 Å². The highest BCUT2D eigenvalue weighted by Gasteiger charge is 2.17. The second-order valence-corrected chi connectivity index (χ2v) is 4.89. The van der Waals surface area contributed by atoms with Gasteiger partial charge in [-0.15, -0.1) is 16.4 Å². The maximum Gasteiger partial charge on any atom is 0.378 e. The van der Waals surface area contributed by atoms with Gasteiger partial charge >= 0.3 is 5.97 Å². The Bertz CT molecular complexity index is 851. The molecule has 3 heterocycles. The lowest BCUT2D eigenvalue weighted by Crippen LogP contribution is -2.18. The first-order valence-electron chi connectivity index (χ1n) is 6.08. The van der Waals surface area contributed by atoms with Gasteiger partial charge in [0.1, 0.15) is 0 Å². The van der Waals surface area contributed by atoms with Crippen LogP contribution < -0.4 is 5.56 Å². The van der Waals surface area contributed by atoms with E-state index in [1.807, 2.05) is 0 Å². The molecular formula is C11H10N6O3S. The van der Waals surface area contributed by atoms with Crippen molar-refractivity contribution >= 4 is 22.3 Å². The lowest BCUT2D eigenvalue weighted by molar-refractivity contribution is 0.0505. The normalized spacial score (nSPS) is 10.9. The highest BCUT2D eigenvalue weighted by Crippen LogP contribution is 2.08. The van der Waals surface area contributed by atoms with E-state index in [0.29, 0.717) is 10.7 Å². The van der Waals surface area contributed by atoms with Crippen LogP contribution in [-0.2, 0) is 11.3 Å². The summed E-state index contributed by atoms with van der Waals surface area (Å²) < 4.78 is 7.56. The molecule has 0 amide bonds. The van der Waals surface area contributed by atoms with Gasteiger partial charge in [-0.25, -0.2) is 14.5 Å². The van der Waals surface area contributed by atoms with E-state index in [2.05, 4.69) is 20.5 Å². The molecule has 0 unspecified atom stereocenters. The molecule has 21 heavy (non-hydrogen) atoms. The standard InChI is InChI=1S/C11H10N6O3S/c1-2-20-10(19)9-13-14-15-17(9)6-7-5-8(18)16-3-4-21-11(16)12-7/h3-5H,2,6H2,1H3. The van der Waals surface area contributed by atoms with Gasteiger partial charge in [0, 0.05) is 17.6 Å². The molecule has 0 atom stereocenters. The van der Waals surface area contributed by atoms with Crippen molar-refractivity contribution in [3.63, 3.8) is 0 Å². The van der Waals surface area contributed by atoms with E-state index in [4.69, 9.17) is 4.74 Å². The van der Waals surface area contributed by atoms with Crippen molar-refractivity contribution in [2.45, 2.75) is 13.5 Å². The molecule has 3 rings (SSSR count). The number of aromatic nitrogens is 6. The van der Waals surface area contributed by atoms with Gasteiger partial charge in [0.2, 0.25) is 0 Å². The van der Waals surface area contributed by atoms with Crippen molar-refractivity contribution in [3.05, 3.63) is 39.5 Å². The summed E-state index contributed by atoms with van der Waals surface area (Å²) >= 11 is 1.35. The number of carbonyl (C=O) groups is 1. The van der Waals surface area contributed by atoms with Gasteiger partial charge in [-0.3, -0.25) is 9.20 Å². The largest absolute Gasteiger partial charge is 0.460 e. The summed E-state index contributed by atoms with van der Waals surface area (Å²) in [6.07, 6.45) is 1.65. The molecule has 0 radical (unpaired) electrons. The molecule has 0 N–H and O–H groups in total. The zero-order valence-corrected chi connectivity index (χ0v) is 11.8. The number of ether oxygens (including phenoxy) is 1. The molecule has 3 aromatic rings. The molecular weight excluding hydrogens is 296 g/mol. The Labute approximate surface area is 121 Å². The van der Waals surface area contributed by atoms with Crippen molar-refractivity contribution in [1.82, 2.24) is 29.6 Å². The predicted molar refractivity (Wildman–Crippen MR) is 72.2 cm³/mol. The first-order valence-corrected chi connectivity index (χ1v) is 6.96. The van der Waals surface area contributed by atoms with Crippen LogP contribution in [0.3, 0.4) is 0 Å². The molecule has 0 fully saturated rings. The molecule has 0 aromatic carbocycles. The third kappa shape index (κ3) is 2.52. The Morgan fingerprint density at radius 2 is 2.33 bits per heavy atom. The molecule has 0 aliphatic heterocycles. The molecule has 0 spiro atoms. The van der Waals surface area contributed by atoms with E-state index in [-0.39, 0.29) is 24.5 Å². The lowest BCUT2D eigenvalue weighted by atomic mass is 10.4. The molecule has 108 valence electrons. The maximum absolute atomic E-state index is 11.9. The number of fused-ring (bicyclic) bond motifs is 1. The fraction of sp³-hybridized carbons (Fsp3) is 0.273. The summed E-state index contributed by atoms with van der Waals surface area (Å²) in [6, 6.07) is 1.39. The lowest BCUT2D eigenvalue weighted by Gasteiger charge is -2.04. The predicted octanol–water partition coefficient (Wildman–Crippen LogP) is -0.0325. The van der Waals surface area contributed by atoms with Crippen molar-refractivity contribution in [2.24, 2.45) is 0 Å². The topological polar surface area (TPSA) is 104 Å². The highest BCUT2D eigenvalue weighted by atomic mass is 32.1. The van der Waals surface area contributed by atoms with Gasteiger partial charge in [0.25, 0.3) is 11.4 Å². The number of hydrogen-bond donors (Lipinski definition) is 0. The smallest absolute Gasteiger partial charge is 0.378 e. The minimum absolute atomic E-state index is 0.0231. The van der Waals surface area contributed by atoms with E-state index in [1.54, 1.807) is 18.5 Å². The second-order valence-electron chi connectivity index (χ2n) is 4.02. The van der Waals surface area contributed by atoms with Crippen LogP contribution in [-0.4, -0.2) is 42.2 Å². The molecule has 0 bridgehead atoms. The van der Waals surface area contributed by atoms with Crippen LogP contribution in [0.1, 0.15) is 23.2 Å². The van der Waals surface area contributed by atoms with Crippen LogP contribution in [0.25, 0.3) is 4.96 Å². The maximum atomic E-state index is 11.9. The third-order valence-corrected chi connectivity index (χ3v) is 3.41. The van der Waals surface area contributed by atoms with Gasteiger partial charge in [-0.2, -0.15) is 0 Å². The molecule has 9 nitrogen and oxygen atoms in total. The van der Waals surface area contributed by atoms with Crippen LogP contribution in [0.2, 0.25) is 0 Å². The number of carbonyl (C=O) groups excluding carboxylic acids is 1. The van der Waals surface area contributed by atoms with Crippen molar-refractivity contribution in [2.75, 3.05) is 6.61 Å². The molecule has 10 heteroatoms. The fourth-order valence-electron chi connectivity index (χ4n) is 1.78. The van der Waals surface area contributed by atoms with Gasteiger partial charge in [0.15, 0.2) is 4.96 Å². The van der Waals surface area contributed by atoms with Crippen LogP contribution >= 0.6 is 11.3 Å². The average Bonchev–Trinajstić information content (AvgIpc) is 3.08.